The van der Waals surface area contributed by atoms with Crippen LogP contribution in [0, 0.1) is 13.8 Å². The Bertz CT molecular complexity index is 969. The van der Waals surface area contributed by atoms with E-state index >= 15 is 0 Å². The van der Waals surface area contributed by atoms with Gasteiger partial charge in [-0.15, -0.1) is 10.2 Å². The first-order valence-electron chi connectivity index (χ1n) is 8.75. The third-order valence-corrected chi connectivity index (χ3v) is 4.95. The van der Waals surface area contributed by atoms with Gasteiger partial charge in [-0.3, -0.25) is 4.98 Å². The Morgan fingerprint density at radius 3 is 2.65 bits per heavy atom. The van der Waals surface area contributed by atoms with E-state index in [4.69, 9.17) is 0 Å². The summed E-state index contributed by atoms with van der Waals surface area (Å²) >= 11 is 0. The molecule has 1 aliphatic rings. The molecule has 2 aromatic heterocycles. The van der Waals surface area contributed by atoms with Gasteiger partial charge >= 0.3 is 0 Å². The van der Waals surface area contributed by atoms with Gasteiger partial charge in [0.05, 0.1) is 5.60 Å². The summed E-state index contributed by atoms with van der Waals surface area (Å²) in [5, 5.41) is 33.4. The van der Waals surface area contributed by atoms with E-state index in [1.54, 1.807) is 12.3 Å². The summed E-state index contributed by atoms with van der Waals surface area (Å²) in [4.78, 5) is 4.50. The zero-order valence-corrected chi connectivity index (χ0v) is 15.1. The fourth-order valence-electron chi connectivity index (χ4n) is 3.81. The second-order valence-corrected chi connectivity index (χ2v) is 7.52. The molecular weight excluding hydrogens is 328 g/mol. The Hall–Kier alpha value is -2.73. The molecule has 1 fully saturated rings. The quantitative estimate of drug-likeness (QED) is 0.671. The largest absolute Gasteiger partial charge is 0.507 e. The minimum atomic E-state index is -0.607. The molecule has 26 heavy (non-hydrogen) atoms. The zero-order chi connectivity index (χ0) is 18.5. The number of hydrogen-bond acceptors (Lipinski definition) is 6. The van der Waals surface area contributed by atoms with Crippen molar-refractivity contribution in [3.63, 3.8) is 0 Å². The number of phenols is 1. The van der Waals surface area contributed by atoms with Gasteiger partial charge in [0, 0.05) is 23.2 Å². The third kappa shape index (κ3) is 2.86. The van der Waals surface area contributed by atoms with E-state index < -0.39 is 5.60 Å². The lowest BCUT2D eigenvalue weighted by Gasteiger charge is -2.41. The first kappa shape index (κ1) is 16.7. The Morgan fingerprint density at radius 1 is 1.19 bits per heavy atom. The van der Waals surface area contributed by atoms with Crippen molar-refractivity contribution < 1.29 is 10.2 Å². The maximum absolute atomic E-state index is 10.5. The van der Waals surface area contributed by atoms with E-state index in [0.29, 0.717) is 35.4 Å². The lowest BCUT2D eigenvalue weighted by Crippen LogP contribution is -2.48. The number of aryl methyl sites for hydroxylation is 2. The van der Waals surface area contributed by atoms with Gasteiger partial charge in [0.2, 0.25) is 0 Å². The predicted octanol–water partition coefficient (Wildman–Crippen LogP) is 3.34. The minimum absolute atomic E-state index is 0.170. The summed E-state index contributed by atoms with van der Waals surface area (Å²) in [7, 11) is 0. The van der Waals surface area contributed by atoms with Gasteiger partial charge in [-0.05, 0) is 62.9 Å². The molecule has 0 radical (unpaired) electrons. The molecule has 4 rings (SSSR count). The van der Waals surface area contributed by atoms with Crippen molar-refractivity contribution in [2.45, 2.75) is 45.3 Å². The highest BCUT2D eigenvalue weighted by atomic mass is 16.3. The average molecular weight is 350 g/mol. The van der Waals surface area contributed by atoms with Crippen LogP contribution in [-0.2, 0) is 0 Å². The van der Waals surface area contributed by atoms with Crippen molar-refractivity contribution in [3.05, 3.63) is 41.6 Å². The van der Waals surface area contributed by atoms with E-state index in [9.17, 15) is 10.2 Å². The Balaban J connectivity index is 1.81. The van der Waals surface area contributed by atoms with E-state index in [1.165, 1.54) is 0 Å². The summed E-state index contributed by atoms with van der Waals surface area (Å²) in [5.41, 5.74) is 3.23. The minimum Gasteiger partial charge on any atom is -0.507 e. The van der Waals surface area contributed by atoms with Gasteiger partial charge in [-0.25, -0.2) is 0 Å². The summed E-state index contributed by atoms with van der Waals surface area (Å²) in [6, 6.07) is 7.70. The molecule has 0 spiro atoms. The number of pyridine rings is 1. The van der Waals surface area contributed by atoms with E-state index in [1.807, 2.05) is 39.0 Å². The molecule has 1 saturated carbocycles. The molecule has 0 amide bonds. The van der Waals surface area contributed by atoms with Gasteiger partial charge in [0.15, 0.2) is 5.82 Å². The lowest BCUT2D eigenvalue weighted by atomic mass is 9.77. The molecule has 2 heterocycles. The number of nitrogens with one attached hydrogen (secondary N) is 1. The van der Waals surface area contributed by atoms with Crippen LogP contribution in [0.15, 0.2) is 30.5 Å². The number of anilines is 1. The Kier molecular flexibility index (Phi) is 3.80. The highest BCUT2D eigenvalue weighted by Crippen LogP contribution is 2.38. The number of nitrogens with zero attached hydrogens (tertiary/aromatic N) is 3. The first-order valence-corrected chi connectivity index (χ1v) is 8.75. The summed E-state index contributed by atoms with van der Waals surface area (Å²) in [6.45, 7) is 5.72. The topological polar surface area (TPSA) is 91.2 Å². The van der Waals surface area contributed by atoms with E-state index in [2.05, 4.69) is 20.5 Å². The summed E-state index contributed by atoms with van der Waals surface area (Å²) in [5.74, 6) is 0.834. The highest BCUT2D eigenvalue weighted by Gasteiger charge is 2.38. The van der Waals surface area contributed by atoms with Crippen LogP contribution in [0.5, 0.6) is 5.75 Å². The van der Waals surface area contributed by atoms with Crippen LogP contribution >= 0.6 is 0 Å². The Labute approximate surface area is 151 Å². The molecule has 0 aliphatic heterocycles. The zero-order valence-electron chi connectivity index (χ0n) is 15.1. The van der Waals surface area contributed by atoms with Crippen LogP contribution < -0.4 is 5.32 Å². The van der Waals surface area contributed by atoms with Crippen LogP contribution in [0.3, 0.4) is 0 Å². The van der Waals surface area contributed by atoms with E-state index in [-0.39, 0.29) is 11.8 Å². The molecule has 0 atom stereocenters. The molecule has 3 aromatic rings. The number of aliphatic hydroxyl groups is 1. The third-order valence-electron chi connectivity index (χ3n) is 4.95. The van der Waals surface area contributed by atoms with Crippen molar-refractivity contribution in [3.8, 4) is 17.0 Å². The van der Waals surface area contributed by atoms with Gasteiger partial charge in [-0.1, -0.05) is 6.07 Å². The van der Waals surface area contributed by atoms with Gasteiger partial charge in [-0.2, -0.15) is 0 Å². The van der Waals surface area contributed by atoms with Crippen LogP contribution in [-0.4, -0.2) is 37.0 Å². The maximum Gasteiger partial charge on any atom is 0.158 e. The van der Waals surface area contributed by atoms with Crippen molar-refractivity contribution in [2.75, 3.05) is 5.32 Å². The molecule has 1 aliphatic carbocycles. The molecule has 3 N–H and O–H groups in total. The number of hydrogen-bond donors (Lipinski definition) is 3. The molecule has 1 aromatic carbocycles. The fraction of sp³-hybridized carbons (Fsp3) is 0.350. The van der Waals surface area contributed by atoms with Crippen molar-refractivity contribution in [1.82, 2.24) is 15.2 Å². The SMILES string of the molecule is Cc1cc(C)c(-c2nnc(NC3CC(C)(O)C3)c3cccnc23)c(O)c1. The van der Waals surface area contributed by atoms with Gasteiger partial charge < -0.3 is 15.5 Å². The smallest absolute Gasteiger partial charge is 0.158 e. The van der Waals surface area contributed by atoms with Crippen molar-refractivity contribution in [1.29, 1.82) is 0 Å². The fourth-order valence-corrected chi connectivity index (χ4v) is 3.81. The highest BCUT2D eigenvalue weighted by molar-refractivity contribution is 5.98. The molecular formula is C20H22N4O2. The van der Waals surface area contributed by atoms with Crippen molar-refractivity contribution in [2.24, 2.45) is 0 Å². The average Bonchev–Trinajstić information content (AvgIpc) is 2.54. The number of phenolic OH excluding ortho intramolecular Hbond substituents is 1. The van der Waals surface area contributed by atoms with Gasteiger partial charge in [0.1, 0.15) is 17.0 Å². The summed E-state index contributed by atoms with van der Waals surface area (Å²) < 4.78 is 0. The van der Waals surface area contributed by atoms with E-state index in [0.717, 1.165) is 16.5 Å². The maximum atomic E-state index is 10.5. The molecule has 0 bridgehead atoms. The monoisotopic (exact) mass is 350 g/mol. The molecule has 0 unspecified atom stereocenters. The number of rotatable bonds is 3. The molecule has 134 valence electrons. The number of aromatic hydroxyl groups is 1. The van der Waals surface area contributed by atoms with Crippen LogP contribution in [0.2, 0.25) is 0 Å². The number of fused-ring (bicyclic) bond motifs is 1. The normalized spacial score (nSPS) is 22.2. The molecule has 6 nitrogen and oxygen atoms in total. The number of aromatic nitrogens is 3. The van der Waals surface area contributed by atoms with Crippen LogP contribution in [0.25, 0.3) is 22.2 Å². The van der Waals surface area contributed by atoms with Gasteiger partial charge in [0.25, 0.3) is 0 Å². The Morgan fingerprint density at radius 2 is 1.96 bits per heavy atom. The predicted molar refractivity (Wildman–Crippen MR) is 101 cm³/mol. The first-order chi connectivity index (χ1) is 12.3. The van der Waals surface area contributed by atoms with Crippen LogP contribution in [0.4, 0.5) is 5.82 Å². The number of benzene rings is 1. The lowest BCUT2D eigenvalue weighted by molar-refractivity contribution is -0.0235. The second kappa shape index (κ2) is 5.92. The second-order valence-electron chi connectivity index (χ2n) is 7.52. The van der Waals surface area contributed by atoms with Crippen LogP contribution in [0.1, 0.15) is 30.9 Å². The molecule has 0 saturated heterocycles. The standard InChI is InChI=1S/C20H22N4O2/c1-11-7-12(2)16(15(25)8-11)18-17-14(5-4-6-21-17)19(24-23-18)22-13-9-20(3,26)10-13/h4-8,13,25-26H,9-10H2,1-3H3,(H,22,24). The molecule has 6 heteroatoms. The van der Waals surface area contributed by atoms with Crippen molar-refractivity contribution >= 4 is 16.7 Å². The summed E-state index contributed by atoms with van der Waals surface area (Å²) in [6.07, 6.45) is 3.07.